The third-order valence-electron chi connectivity index (χ3n) is 4.69. The number of anilines is 1. The van der Waals surface area contributed by atoms with Gasteiger partial charge in [-0.25, -0.2) is 4.68 Å². The molecule has 0 aliphatic carbocycles. The number of hydrogen-bond donors (Lipinski definition) is 3. The van der Waals surface area contributed by atoms with Crippen LogP contribution in [0.1, 0.15) is 30.3 Å². The lowest BCUT2D eigenvalue weighted by atomic mass is 10.1. The Hall–Kier alpha value is -3.13. The van der Waals surface area contributed by atoms with Crippen molar-refractivity contribution in [1.29, 1.82) is 5.26 Å². The minimum atomic E-state index is 0. The maximum Gasteiger partial charge on any atom is 0.191 e. The van der Waals surface area contributed by atoms with Gasteiger partial charge in [-0.3, -0.25) is 9.98 Å². The van der Waals surface area contributed by atoms with E-state index in [-0.39, 0.29) is 24.0 Å². The average Bonchev–Trinajstić information content (AvgIpc) is 3.13. The fourth-order valence-electron chi connectivity index (χ4n) is 3.18. The van der Waals surface area contributed by atoms with E-state index in [1.165, 1.54) is 0 Å². The van der Waals surface area contributed by atoms with Crippen molar-refractivity contribution in [3.8, 4) is 11.8 Å². The van der Waals surface area contributed by atoms with Crippen LogP contribution in [0.4, 0.5) is 5.82 Å². The van der Waals surface area contributed by atoms with Gasteiger partial charge in [0.1, 0.15) is 17.5 Å². The number of nitrogens with one attached hydrogen (secondary N) is 2. The summed E-state index contributed by atoms with van der Waals surface area (Å²) in [5.74, 6) is 1.14. The van der Waals surface area contributed by atoms with Crippen LogP contribution in [0.15, 0.2) is 59.7 Å². The van der Waals surface area contributed by atoms with E-state index in [9.17, 15) is 5.26 Å². The van der Waals surface area contributed by atoms with E-state index in [1.807, 2.05) is 55.5 Å². The Morgan fingerprint density at radius 2 is 1.91 bits per heavy atom. The van der Waals surface area contributed by atoms with E-state index in [2.05, 4.69) is 31.8 Å². The van der Waals surface area contributed by atoms with Gasteiger partial charge in [-0.2, -0.15) is 10.4 Å². The summed E-state index contributed by atoms with van der Waals surface area (Å²) in [5, 5.41) is 20.7. The molecule has 32 heavy (non-hydrogen) atoms. The predicted molar refractivity (Wildman–Crippen MR) is 138 cm³/mol. The van der Waals surface area contributed by atoms with Gasteiger partial charge >= 0.3 is 0 Å². The van der Waals surface area contributed by atoms with Crippen molar-refractivity contribution < 1.29 is 0 Å². The van der Waals surface area contributed by atoms with E-state index < -0.39 is 0 Å². The van der Waals surface area contributed by atoms with E-state index in [0.717, 1.165) is 43.3 Å². The molecule has 3 aromatic rings. The zero-order valence-electron chi connectivity index (χ0n) is 18.2. The molecule has 0 aliphatic rings. The highest BCUT2D eigenvalue weighted by Crippen LogP contribution is 2.21. The van der Waals surface area contributed by atoms with Crippen molar-refractivity contribution in [2.24, 2.45) is 4.99 Å². The van der Waals surface area contributed by atoms with Crippen LogP contribution in [0.5, 0.6) is 0 Å². The number of nitrogens with zero attached hydrogens (tertiary/aromatic N) is 5. The molecule has 0 saturated heterocycles. The van der Waals surface area contributed by atoms with Gasteiger partial charge in [0.25, 0.3) is 0 Å². The van der Waals surface area contributed by atoms with Gasteiger partial charge < -0.3 is 16.4 Å². The first-order valence-corrected chi connectivity index (χ1v) is 10.5. The van der Waals surface area contributed by atoms with Crippen molar-refractivity contribution in [3.05, 3.63) is 71.7 Å². The Kier molecular flexibility index (Phi) is 10.5. The first-order valence-electron chi connectivity index (χ1n) is 10.5. The third-order valence-corrected chi connectivity index (χ3v) is 4.69. The molecule has 2 heterocycles. The molecule has 8 nitrogen and oxygen atoms in total. The van der Waals surface area contributed by atoms with Crippen LogP contribution in [0, 0.1) is 11.3 Å². The summed E-state index contributed by atoms with van der Waals surface area (Å²) in [6, 6.07) is 17.7. The Balaban J connectivity index is 0.00000363. The number of halogens is 1. The van der Waals surface area contributed by atoms with Crippen LogP contribution in [0.3, 0.4) is 0 Å². The van der Waals surface area contributed by atoms with Crippen molar-refractivity contribution >= 4 is 35.8 Å². The number of aromatic nitrogens is 3. The van der Waals surface area contributed by atoms with Gasteiger partial charge in [0.15, 0.2) is 5.96 Å². The molecule has 0 radical (unpaired) electrons. The molecule has 0 unspecified atom stereocenters. The number of pyridine rings is 1. The molecule has 9 heteroatoms. The molecule has 0 amide bonds. The van der Waals surface area contributed by atoms with E-state index in [1.54, 1.807) is 10.9 Å². The molecule has 2 aromatic heterocycles. The second-order valence-corrected chi connectivity index (χ2v) is 6.93. The molecule has 0 bridgehead atoms. The second-order valence-electron chi connectivity index (χ2n) is 6.93. The first-order chi connectivity index (χ1) is 15.2. The van der Waals surface area contributed by atoms with Crippen molar-refractivity contribution in [1.82, 2.24) is 25.4 Å². The minimum Gasteiger partial charge on any atom is -0.382 e. The smallest absolute Gasteiger partial charge is 0.191 e. The minimum absolute atomic E-state index is 0. The van der Waals surface area contributed by atoms with Gasteiger partial charge in [-0.1, -0.05) is 24.3 Å². The van der Waals surface area contributed by atoms with Gasteiger partial charge in [0.05, 0.1) is 11.4 Å². The number of nitriles is 1. The van der Waals surface area contributed by atoms with E-state index in [0.29, 0.717) is 30.0 Å². The number of guanidine groups is 1. The lowest BCUT2D eigenvalue weighted by molar-refractivity contribution is 0.753. The van der Waals surface area contributed by atoms with Crippen LogP contribution in [0.2, 0.25) is 0 Å². The van der Waals surface area contributed by atoms with E-state index in [4.69, 9.17) is 5.73 Å². The standard InChI is InChI=1S/C23H28N8.HI/c1-2-26-23(29-16-13-18-9-6-7-14-27-18)28-15-8-12-21-20(17-24)22(25)31(30-21)19-10-4-3-5-11-19;/h3-7,9-11,14H,2,8,12-13,15-16,25H2,1H3,(H2,26,28,29);1H. The van der Waals surface area contributed by atoms with Crippen LogP contribution in [-0.4, -0.2) is 40.4 Å². The summed E-state index contributed by atoms with van der Waals surface area (Å²) < 4.78 is 1.63. The zero-order chi connectivity index (χ0) is 21.9. The second kappa shape index (κ2) is 13.3. The quantitative estimate of drug-likeness (QED) is 0.165. The summed E-state index contributed by atoms with van der Waals surface area (Å²) in [6.07, 6.45) is 4.02. The highest BCUT2D eigenvalue weighted by molar-refractivity contribution is 14.0. The Bertz CT molecular complexity index is 1030. The molecule has 3 rings (SSSR count). The van der Waals surface area contributed by atoms with Crippen LogP contribution in [0.25, 0.3) is 5.69 Å². The van der Waals surface area contributed by atoms with Crippen molar-refractivity contribution in [3.63, 3.8) is 0 Å². The van der Waals surface area contributed by atoms with Gasteiger partial charge in [-0.05, 0) is 44.0 Å². The number of nitrogens with two attached hydrogens (primary N) is 1. The third kappa shape index (κ3) is 6.95. The van der Waals surface area contributed by atoms with Crippen LogP contribution < -0.4 is 16.4 Å². The molecule has 0 spiro atoms. The van der Waals surface area contributed by atoms with Crippen molar-refractivity contribution in [2.75, 3.05) is 25.4 Å². The summed E-state index contributed by atoms with van der Waals surface area (Å²) in [6.45, 7) is 4.18. The topological polar surface area (TPSA) is 117 Å². The maximum absolute atomic E-state index is 9.53. The number of aryl methyl sites for hydroxylation is 1. The van der Waals surface area contributed by atoms with E-state index >= 15 is 0 Å². The maximum atomic E-state index is 9.53. The molecule has 0 aliphatic heterocycles. The molecule has 0 fully saturated rings. The molecule has 0 saturated carbocycles. The van der Waals surface area contributed by atoms with Crippen LogP contribution in [-0.2, 0) is 12.8 Å². The number of para-hydroxylation sites is 1. The largest absolute Gasteiger partial charge is 0.382 e. The number of aliphatic imine (C=N–C) groups is 1. The molecule has 0 atom stereocenters. The number of nitrogen functional groups attached to an aromatic ring is 1. The van der Waals surface area contributed by atoms with Gasteiger partial charge in [0, 0.05) is 37.9 Å². The van der Waals surface area contributed by atoms with Crippen molar-refractivity contribution in [2.45, 2.75) is 26.2 Å². The summed E-state index contributed by atoms with van der Waals surface area (Å²) in [4.78, 5) is 8.96. The molecule has 1 aromatic carbocycles. The molecule has 168 valence electrons. The number of benzene rings is 1. The lowest BCUT2D eigenvalue weighted by Gasteiger charge is -2.11. The summed E-state index contributed by atoms with van der Waals surface area (Å²) >= 11 is 0. The Labute approximate surface area is 206 Å². The highest BCUT2D eigenvalue weighted by Gasteiger charge is 2.16. The normalized spacial score (nSPS) is 10.8. The monoisotopic (exact) mass is 544 g/mol. The fourth-order valence-corrected chi connectivity index (χ4v) is 3.18. The molecular formula is C23H29IN8. The molecule has 4 N–H and O–H groups in total. The number of rotatable bonds is 9. The molecular weight excluding hydrogens is 515 g/mol. The highest BCUT2D eigenvalue weighted by atomic mass is 127. The lowest BCUT2D eigenvalue weighted by Crippen LogP contribution is -2.38. The number of hydrogen-bond acceptors (Lipinski definition) is 5. The Morgan fingerprint density at radius 1 is 1.12 bits per heavy atom. The van der Waals surface area contributed by atoms with Gasteiger partial charge in [0.2, 0.25) is 0 Å². The summed E-state index contributed by atoms with van der Waals surface area (Å²) in [7, 11) is 0. The average molecular weight is 544 g/mol. The zero-order valence-corrected chi connectivity index (χ0v) is 20.5. The first kappa shape index (κ1) is 25.1. The SMILES string of the molecule is CCNC(=NCCCc1nn(-c2ccccc2)c(N)c1C#N)NCCc1ccccn1.I. The summed E-state index contributed by atoms with van der Waals surface area (Å²) in [5.41, 5.74) is 9.19. The van der Waals surface area contributed by atoms with Crippen LogP contribution >= 0.6 is 24.0 Å². The fraction of sp³-hybridized carbons (Fsp3) is 0.304. The predicted octanol–water partition coefficient (Wildman–Crippen LogP) is 3.07. The van der Waals surface area contributed by atoms with Gasteiger partial charge in [-0.15, -0.1) is 24.0 Å². The Morgan fingerprint density at radius 3 is 2.59 bits per heavy atom.